The third-order valence-corrected chi connectivity index (χ3v) is 5.17. The summed E-state index contributed by atoms with van der Waals surface area (Å²) in [6.07, 6.45) is 1.12. The smallest absolute Gasteiger partial charge is 0.195 e. The number of hydrogen-bond acceptors (Lipinski definition) is 5. The predicted octanol–water partition coefficient (Wildman–Crippen LogP) is 0.0832. The Hall–Kier alpha value is -0.950. The van der Waals surface area contributed by atoms with Crippen LogP contribution in [0.4, 0.5) is 0 Å². The second-order valence-corrected chi connectivity index (χ2v) is 6.44. The van der Waals surface area contributed by atoms with E-state index >= 15 is 0 Å². The number of hydrogen-bond donors (Lipinski definition) is 2. The van der Waals surface area contributed by atoms with E-state index in [2.05, 4.69) is 0 Å². The standard InChI is InChI=1S/C11H17N3O2S/c12-9-6-7-14(13)11(8-9)17(15,16)10-4-2-1-3-5-10/h1-5,9,11H,6-8,12-13H2. The van der Waals surface area contributed by atoms with E-state index in [4.69, 9.17) is 11.6 Å². The maximum absolute atomic E-state index is 12.4. The highest BCUT2D eigenvalue weighted by Gasteiger charge is 2.35. The highest BCUT2D eigenvalue weighted by molar-refractivity contribution is 7.92. The Morgan fingerprint density at radius 3 is 2.53 bits per heavy atom. The molecule has 94 valence electrons. The van der Waals surface area contributed by atoms with Gasteiger partial charge in [0.25, 0.3) is 0 Å². The highest BCUT2D eigenvalue weighted by Crippen LogP contribution is 2.24. The molecule has 0 aromatic heterocycles. The molecule has 1 heterocycles. The first-order valence-electron chi connectivity index (χ1n) is 5.57. The van der Waals surface area contributed by atoms with Crippen molar-refractivity contribution in [3.8, 4) is 0 Å². The van der Waals surface area contributed by atoms with Gasteiger partial charge in [0.1, 0.15) is 5.37 Å². The molecule has 1 fully saturated rings. The summed E-state index contributed by atoms with van der Waals surface area (Å²) in [4.78, 5) is 0.301. The molecule has 2 rings (SSSR count). The van der Waals surface area contributed by atoms with Gasteiger partial charge in [-0.3, -0.25) is 5.84 Å². The molecule has 6 heteroatoms. The summed E-state index contributed by atoms with van der Waals surface area (Å²) in [7, 11) is -3.42. The van der Waals surface area contributed by atoms with Crippen molar-refractivity contribution in [3.05, 3.63) is 30.3 Å². The van der Waals surface area contributed by atoms with Crippen LogP contribution in [-0.2, 0) is 9.84 Å². The quantitative estimate of drug-likeness (QED) is 0.731. The SMILES string of the molecule is NC1CCN(N)C(S(=O)(=O)c2ccccc2)C1. The maximum Gasteiger partial charge on any atom is 0.195 e. The van der Waals surface area contributed by atoms with E-state index in [1.165, 1.54) is 5.01 Å². The van der Waals surface area contributed by atoms with Crippen molar-refractivity contribution in [1.82, 2.24) is 5.01 Å². The van der Waals surface area contributed by atoms with Crippen molar-refractivity contribution in [2.75, 3.05) is 6.54 Å². The summed E-state index contributed by atoms with van der Waals surface area (Å²) in [5.41, 5.74) is 5.82. The Morgan fingerprint density at radius 2 is 1.88 bits per heavy atom. The fraction of sp³-hybridized carbons (Fsp3) is 0.455. The summed E-state index contributed by atoms with van der Waals surface area (Å²) < 4.78 is 24.7. The topological polar surface area (TPSA) is 89.4 Å². The minimum atomic E-state index is -3.42. The van der Waals surface area contributed by atoms with Crippen LogP contribution in [0.1, 0.15) is 12.8 Å². The lowest BCUT2D eigenvalue weighted by atomic mass is 10.1. The van der Waals surface area contributed by atoms with Crippen LogP contribution in [-0.4, -0.2) is 31.4 Å². The zero-order valence-electron chi connectivity index (χ0n) is 9.49. The number of hydrazine groups is 1. The van der Waals surface area contributed by atoms with Crippen molar-refractivity contribution < 1.29 is 8.42 Å². The van der Waals surface area contributed by atoms with Gasteiger partial charge in [0, 0.05) is 12.6 Å². The Bertz CT molecular complexity index is 475. The first-order valence-corrected chi connectivity index (χ1v) is 7.12. The lowest BCUT2D eigenvalue weighted by molar-refractivity contribution is 0.187. The first kappa shape index (κ1) is 12.5. The van der Waals surface area contributed by atoms with E-state index < -0.39 is 15.2 Å². The van der Waals surface area contributed by atoms with Gasteiger partial charge in [-0.15, -0.1) is 0 Å². The Labute approximate surface area is 101 Å². The maximum atomic E-state index is 12.4. The van der Waals surface area contributed by atoms with Crippen molar-refractivity contribution in [3.63, 3.8) is 0 Å². The highest BCUT2D eigenvalue weighted by atomic mass is 32.2. The molecule has 1 aliphatic heterocycles. The lowest BCUT2D eigenvalue weighted by Gasteiger charge is -2.34. The Morgan fingerprint density at radius 1 is 1.24 bits per heavy atom. The molecule has 4 N–H and O–H groups in total. The van der Waals surface area contributed by atoms with Crippen LogP contribution in [0.15, 0.2) is 35.2 Å². The molecule has 1 saturated heterocycles. The minimum absolute atomic E-state index is 0.0988. The van der Waals surface area contributed by atoms with Gasteiger partial charge in [-0.25, -0.2) is 13.4 Å². The van der Waals surface area contributed by atoms with Crippen molar-refractivity contribution in [2.45, 2.75) is 29.2 Å². The molecule has 2 atom stereocenters. The van der Waals surface area contributed by atoms with Crippen LogP contribution < -0.4 is 11.6 Å². The molecular formula is C11H17N3O2S. The predicted molar refractivity (Wildman–Crippen MR) is 65.5 cm³/mol. The molecule has 0 spiro atoms. The van der Waals surface area contributed by atoms with Crippen LogP contribution in [0, 0.1) is 0 Å². The van der Waals surface area contributed by atoms with E-state index in [0.717, 1.165) is 6.42 Å². The fourth-order valence-corrected chi connectivity index (χ4v) is 3.86. The molecule has 2 unspecified atom stereocenters. The van der Waals surface area contributed by atoms with Gasteiger partial charge in [-0.05, 0) is 25.0 Å². The number of nitrogens with two attached hydrogens (primary N) is 2. The first-order chi connectivity index (χ1) is 8.01. The molecule has 0 saturated carbocycles. The summed E-state index contributed by atoms with van der Waals surface area (Å²) in [6, 6.07) is 8.27. The molecule has 17 heavy (non-hydrogen) atoms. The Balaban J connectivity index is 2.32. The normalized spacial score (nSPS) is 26.9. The lowest BCUT2D eigenvalue weighted by Crippen LogP contribution is -2.53. The van der Waals surface area contributed by atoms with E-state index in [0.29, 0.717) is 17.9 Å². The second kappa shape index (κ2) is 4.73. The van der Waals surface area contributed by atoms with E-state index in [9.17, 15) is 8.42 Å². The average Bonchev–Trinajstić information content (AvgIpc) is 2.33. The zero-order chi connectivity index (χ0) is 12.5. The molecule has 0 radical (unpaired) electrons. The van der Waals surface area contributed by atoms with E-state index in [1.54, 1.807) is 30.3 Å². The third kappa shape index (κ3) is 2.50. The number of benzene rings is 1. The monoisotopic (exact) mass is 255 g/mol. The molecule has 1 aliphatic rings. The molecule has 0 bridgehead atoms. The Kier molecular flexibility index (Phi) is 3.48. The van der Waals surface area contributed by atoms with Gasteiger partial charge in [-0.1, -0.05) is 18.2 Å². The van der Waals surface area contributed by atoms with Gasteiger partial charge >= 0.3 is 0 Å². The van der Waals surface area contributed by atoms with Crippen LogP contribution >= 0.6 is 0 Å². The van der Waals surface area contributed by atoms with Crippen LogP contribution in [0.3, 0.4) is 0 Å². The molecule has 5 nitrogen and oxygen atoms in total. The molecule has 1 aromatic rings. The zero-order valence-corrected chi connectivity index (χ0v) is 10.3. The number of piperidine rings is 1. The largest absolute Gasteiger partial charge is 0.328 e. The average molecular weight is 255 g/mol. The fourth-order valence-electron chi connectivity index (χ4n) is 2.04. The van der Waals surface area contributed by atoms with Crippen LogP contribution in [0.25, 0.3) is 0 Å². The number of nitrogens with zero attached hydrogens (tertiary/aromatic N) is 1. The molecule has 0 amide bonds. The van der Waals surface area contributed by atoms with Crippen LogP contribution in [0.5, 0.6) is 0 Å². The molecular weight excluding hydrogens is 238 g/mol. The minimum Gasteiger partial charge on any atom is -0.328 e. The van der Waals surface area contributed by atoms with Crippen molar-refractivity contribution in [2.24, 2.45) is 11.6 Å². The molecule has 1 aromatic carbocycles. The van der Waals surface area contributed by atoms with Gasteiger partial charge in [0.2, 0.25) is 0 Å². The molecule has 0 aliphatic carbocycles. The summed E-state index contributed by atoms with van der Waals surface area (Å²) >= 11 is 0. The summed E-state index contributed by atoms with van der Waals surface area (Å²) in [5.74, 6) is 5.76. The van der Waals surface area contributed by atoms with Gasteiger partial charge in [-0.2, -0.15) is 0 Å². The van der Waals surface area contributed by atoms with Crippen molar-refractivity contribution >= 4 is 9.84 Å². The van der Waals surface area contributed by atoms with Gasteiger partial charge < -0.3 is 5.73 Å². The van der Waals surface area contributed by atoms with E-state index in [-0.39, 0.29) is 6.04 Å². The third-order valence-electron chi connectivity index (χ3n) is 3.06. The van der Waals surface area contributed by atoms with Gasteiger partial charge in [0.15, 0.2) is 9.84 Å². The van der Waals surface area contributed by atoms with Crippen LogP contribution in [0.2, 0.25) is 0 Å². The number of sulfone groups is 1. The number of rotatable bonds is 2. The van der Waals surface area contributed by atoms with E-state index in [1.807, 2.05) is 0 Å². The van der Waals surface area contributed by atoms with Gasteiger partial charge in [0.05, 0.1) is 4.90 Å². The second-order valence-electron chi connectivity index (χ2n) is 4.33. The summed E-state index contributed by atoms with van der Waals surface area (Å²) in [6.45, 7) is 0.512. The summed E-state index contributed by atoms with van der Waals surface area (Å²) in [5, 5.41) is 0.666. The van der Waals surface area contributed by atoms with Crippen molar-refractivity contribution in [1.29, 1.82) is 0 Å².